The van der Waals surface area contributed by atoms with E-state index in [0.717, 1.165) is 36.6 Å². The van der Waals surface area contributed by atoms with Gasteiger partial charge in [0.25, 0.3) is 0 Å². The van der Waals surface area contributed by atoms with Gasteiger partial charge in [-0.2, -0.15) is 0 Å². The number of unbranched alkanes of at least 4 members (excludes halogenated alkanes) is 1. The van der Waals surface area contributed by atoms with Gasteiger partial charge in [0, 0.05) is 24.4 Å². The van der Waals surface area contributed by atoms with Crippen molar-refractivity contribution in [2.24, 2.45) is 0 Å². The smallest absolute Gasteiger partial charge is 0.216 e. The van der Waals surface area contributed by atoms with Gasteiger partial charge in [0.1, 0.15) is 5.75 Å². The zero-order valence-corrected chi connectivity index (χ0v) is 15.1. The Kier molecular flexibility index (Phi) is 5.76. The van der Waals surface area contributed by atoms with Crippen LogP contribution in [0.5, 0.6) is 11.6 Å². The van der Waals surface area contributed by atoms with Gasteiger partial charge in [-0.15, -0.1) is 0 Å². The lowest BCUT2D eigenvalue weighted by Crippen LogP contribution is -2.28. The van der Waals surface area contributed by atoms with Crippen molar-refractivity contribution >= 4 is 5.69 Å². The standard InChI is InChI=1S/C20H26N2O3/c1-4-5-10-25-13-18-20(15-8-6-7-9-16(15)21-18)17-11-14(23-2)12-19(22-17)24-3/h6-9,11-12,18,20-21H,4-5,10,13H2,1-3H3. The summed E-state index contributed by atoms with van der Waals surface area (Å²) in [6.07, 6.45) is 2.21. The molecule has 0 spiro atoms. The Bertz CT molecular complexity index is 683. The fourth-order valence-corrected chi connectivity index (χ4v) is 3.24. The number of hydrogen-bond acceptors (Lipinski definition) is 5. The highest BCUT2D eigenvalue weighted by atomic mass is 16.5. The third kappa shape index (κ3) is 3.87. The van der Waals surface area contributed by atoms with Crippen molar-refractivity contribution in [3.8, 4) is 11.6 Å². The normalized spacial score (nSPS) is 18.5. The number of benzene rings is 1. The van der Waals surface area contributed by atoms with Crippen LogP contribution in [0.15, 0.2) is 36.4 Å². The summed E-state index contributed by atoms with van der Waals surface area (Å²) < 4.78 is 16.7. The third-order valence-corrected chi connectivity index (χ3v) is 4.54. The summed E-state index contributed by atoms with van der Waals surface area (Å²) in [5, 5.41) is 3.59. The number of fused-ring (bicyclic) bond motifs is 1. The van der Waals surface area contributed by atoms with Gasteiger partial charge < -0.3 is 19.5 Å². The molecule has 5 heteroatoms. The number of hydrogen-bond donors (Lipinski definition) is 1. The highest BCUT2D eigenvalue weighted by Crippen LogP contribution is 2.41. The lowest BCUT2D eigenvalue weighted by molar-refractivity contribution is 0.120. The predicted octanol–water partition coefficient (Wildman–Crippen LogP) is 3.84. The molecule has 134 valence electrons. The van der Waals surface area contributed by atoms with Crippen molar-refractivity contribution in [3.05, 3.63) is 47.7 Å². The zero-order chi connectivity index (χ0) is 17.6. The van der Waals surface area contributed by atoms with Crippen LogP contribution in [0.2, 0.25) is 0 Å². The van der Waals surface area contributed by atoms with Gasteiger partial charge in [0.05, 0.1) is 38.5 Å². The number of nitrogens with zero attached hydrogens (tertiary/aromatic N) is 1. The van der Waals surface area contributed by atoms with Crippen LogP contribution in [0.1, 0.15) is 36.9 Å². The Morgan fingerprint density at radius 3 is 2.72 bits per heavy atom. The van der Waals surface area contributed by atoms with Crippen molar-refractivity contribution in [3.63, 3.8) is 0 Å². The van der Waals surface area contributed by atoms with E-state index in [1.54, 1.807) is 20.3 Å². The van der Waals surface area contributed by atoms with Gasteiger partial charge in [-0.05, 0) is 18.1 Å². The SMILES string of the molecule is CCCCOCC1Nc2ccccc2C1c1cc(OC)cc(OC)n1. The molecular formula is C20H26N2O3. The van der Waals surface area contributed by atoms with E-state index in [9.17, 15) is 0 Å². The highest BCUT2D eigenvalue weighted by molar-refractivity contribution is 5.62. The Morgan fingerprint density at radius 2 is 1.96 bits per heavy atom. The lowest BCUT2D eigenvalue weighted by Gasteiger charge is -2.21. The maximum atomic E-state index is 5.90. The maximum Gasteiger partial charge on any atom is 0.216 e. The largest absolute Gasteiger partial charge is 0.496 e. The van der Waals surface area contributed by atoms with Crippen LogP contribution in [0.25, 0.3) is 0 Å². The molecular weight excluding hydrogens is 316 g/mol. The summed E-state index contributed by atoms with van der Waals surface area (Å²) in [4.78, 5) is 4.68. The summed E-state index contributed by atoms with van der Waals surface area (Å²) in [5.74, 6) is 1.41. The van der Waals surface area contributed by atoms with Gasteiger partial charge in [0.15, 0.2) is 0 Å². The average Bonchev–Trinajstić information content (AvgIpc) is 3.03. The van der Waals surface area contributed by atoms with Gasteiger partial charge in [-0.3, -0.25) is 0 Å². The van der Waals surface area contributed by atoms with Crippen LogP contribution in [0, 0.1) is 0 Å². The minimum atomic E-state index is 0.0989. The van der Waals surface area contributed by atoms with E-state index in [1.807, 2.05) is 12.1 Å². The molecule has 2 unspecified atom stereocenters. The molecule has 1 aromatic carbocycles. The molecule has 25 heavy (non-hydrogen) atoms. The van der Waals surface area contributed by atoms with Gasteiger partial charge >= 0.3 is 0 Å². The van der Waals surface area contributed by atoms with E-state index in [4.69, 9.17) is 14.2 Å². The van der Waals surface area contributed by atoms with Crippen LogP contribution in [-0.2, 0) is 4.74 Å². The molecule has 1 N–H and O–H groups in total. The van der Waals surface area contributed by atoms with Crippen LogP contribution >= 0.6 is 0 Å². The number of pyridine rings is 1. The number of ether oxygens (including phenoxy) is 3. The second-order valence-corrected chi connectivity index (χ2v) is 6.22. The topological polar surface area (TPSA) is 52.6 Å². The molecule has 5 nitrogen and oxygen atoms in total. The van der Waals surface area contributed by atoms with Crippen LogP contribution in [0.4, 0.5) is 5.69 Å². The van der Waals surface area contributed by atoms with E-state index in [1.165, 1.54) is 5.56 Å². The summed E-state index contributed by atoms with van der Waals surface area (Å²) in [6.45, 7) is 3.59. The van der Waals surface area contributed by atoms with Crippen molar-refractivity contribution in [2.75, 3.05) is 32.8 Å². The molecule has 3 rings (SSSR count). The summed E-state index contributed by atoms with van der Waals surface area (Å²) in [5.41, 5.74) is 3.30. The molecule has 0 bridgehead atoms. The molecule has 0 radical (unpaired) electrons. The monoisotopic (exact) mass is 342 g/mol. The number of rotatable bonds is 8. The molecule has 0 amide bonds. The molecule has 1 aromatic heterocycles. The van der Waals surface area contributed by atoms with Crippen LogP contribution in [-0.4, -0.2) is 38.5 Å². The number of para-hydroxylation sites is 1. The van der Waals surface area contributed by atoms with Gasteiger partial charge in [0.2, 0.25) is 5.88 Å². The molecule has 1 aliphatic rings. The summed E-state index contributed by atoms with van der Waals surface area (Å²) in [6, 6.07) is 12.3. The second kappa shape index (κ2) is 8.21. The molecule has 2 aromatic rings. The van der Waals surface area contributed by atoms with Crippen molar-refractivity contribution in [2.45, 2.75) is 31.7 Å². The van der Waals surface area contributed by atoms with E-state index >= 15 is 0 Å². The first-order chi connectivity index (χ1) is 12.3. The number of aromatic nitrogens is 1. The maximum absolute atomic E-state index is 5.90. The predicted molar refractivity (Wildman–Crippen MR) is 98.8 cm³/mol. The fraction of sp³-hybridized carbons (Fsp3) is 0.450. The van der Waals surface area contributed by atoms with Crippen LogP contribution in [0.3, 0.4) is 0 Å². The molecule has 2 heterocycles. The average molecular weight is 342 g/mol. The minimum Gasteiger partial charge on any atom is -0.496 e. The number of anilines is 1. The van der Waals surface area contributed by atoms with Gasteiger partial charge in [-0.1, -0.05) is 31.5 Å². The molecule has 0 aliphatic carbocycles. The molecule has 0 fully saturated rings. The Morgan fingerprint density at radius 1 is 1.12 bits per heavy atom. The molecule has 2 atom stereocenters. The minimum absolute atomic E-state index is 0.0989. The molecule has 0 saturated carbocycles. The van der Waals surface area contributed by atoms with E-state index < -0.39 is 0 Å². The number of methoxy groups -OCH3 is 2. The first-order valence-corrected chi connectivity index (χ1v) is 8.80. The van der Waals surface area contributed by atoms with E-state index in [-0.39, 0.29) is 12.0 Å². The van der Waals surface area contributed by atoms with E-state index in [2.05, 4.69) is 35.4 Å². The van der Waals surface area contributed by atoms with Crippen molar-refractivity contribution in [1.29, 1.82) is 0 Å². The van der Waals surface area contributed by atoms with E-state index in [0.29, 0.717) is 12.5 Å². The van der Waals surface area contributed by atoms with Crippen molar-refractivity contribution < 1.29 is 14.2 Å². The summed E-state index contributed by atoms with van der Waals surface area (Å²) in [7, 11) is 3.28. The molecule has 0 saturated heterocycles. The third-order valence-electron chi connectivity index (χ3n) is 4.54. The lowest BCUT2D eigenvalue weighted by atomic mass is 9.91. The van der Waals surface area contributed by atoms with Gasteiger partial charge in [-0.25, -0.2) is 4.98 Å². The fourth-order valence-electron chi connectivity index (χ4n) is 3.24. The Hall–Kier alpha value is -2.27. The number of nitrogens with one attached hydrogen (secondary N) is 1. The quantitative estimate of drug-likeness (QED) is 0.739. The Labute approximate surface area is 149 Å². The second-order valence-electron chi connectivity index (χ2n) is 6.22. The van der Waals surface area contributed by atoms with Crippen LogP contribution < -0.4 is 14.8 Å². The highest BCUT2D eigenvalue weighted by Gasteiger charge is 2.34. The summed E-state index contributed by atoms with van der Waals surface area (Å²) >= 11 is 0. The first-order valence-electron chi connectivity index (χ1n) is 8.80. The Balaban J connectivity index is 1.91. The molecule has 1 aliphatic heterocycles. The first kappa shape index (κ1) is 17.5. The van der Waals surface area contributed by atoms with Crippen molar-refractivity contribution in [1.82, 2.24) is 4.98 Å². The zero-order valence-electron chi connectivity index (χ0n) is 15.1.